The van der Waals surface area contributed by atoms with Crippen LogP contribution in [0.4, 0.5) is 5.69 Å². The predicted molar refractivity (Wildman–Crippen MR) is 55.4 cm³/mol. The molecule has 13 heavy (non-hydrogen) atoms. The molecule has 0 aromatic heterocycles. The maximum atomic E-state index is 5.22. The minimum absolute atomic E-state index is 0.709. The highest BCUT2D eigenvalue weighted by Gasteiger charge is 1.88. The Kier molecular flexibility index (Phi) is 4.72. The van der Waals surface area contributed by atoms with Crippen molar-refractivity contribution in [2.75, 3.05) is 12.1 Å². The number of hydrogen-bond acceptors (Lipinski definition) is 2. The number of allylic oxidation sites excluding steroid dienone is 1. The molecule has 0 aliphatic carbocycles. The summed E-state index contributed by atoms with van der Waals surface area (Å²) >= 11 is 0. The van der Waals surface area contributed by atoms with E-state index in [2.05, 4.69) is 12.1 Å². The van der Waals surface area contributed by atoms with E-state index in [1.807, 2.05) is 36.4 Å². The molecular weight excluding hydrogens is 162 g/mol. The van der Waals surface area contributed by atoms with Crippen LogP contribution in [0.1, 0.15) is 12.8 Å². The average Bonchev–Trinajstić information content (AvgIpc) is 2.19. The molecule has 0 radical (unpaired) electrons. The summed E-state index contributed by atoms with van der Waals surface area (Å²) < 4.78 is 0. The van der Waals surface area contributed by atoms with E-state index in [-0.39, 0.29) is 0 Å². The summed E-state index contributed by atoms with van der Waals surface area (Å²) in [4.78, 5) is 5.22. The van der Waals surface area contributed by atoms with Crippen molar-refractivity contribution in [1.82, 2.24) is 0 Å². The summed E-state index contributed by atoms with van der Waals surface area (Å²) in [6, 6.07) is 9.84. The Hall–Kier alpha value is -1.28. The zero-order valence-corrected chi connectivity index (χ0v) is 7.70. The number of anilines is 1. The van der Waals surface area contributed by atoms with Crippen LogP contribution in [0.2, 0.25) is 0 Å². The van der Waals surface area contributed by atoms with Crippen LogP contribution in [0.3, 0.4) is 0 Å². The largest absolute Gasteiger partial charge is 0.276 e. The molecule has 0 spiro atoms. The first-order valence-corrected chi connectivity index (χ1v) is 4.47. The Morgan fingerprint density at radius 2 is 2.08 bits per heavy atom. The van der Waals surface area contributed by atoms with Gasteiger partial charge in [0.2, 0.25) is 0 Å². The Bertz CT molecular complexity index is 233. The van der Waals surface area contributed by atoms with Gasteiger partial charge in [-0.2, -0.15) is 0 Å². The molecule has 70 valence electrons. The minimum atomic E-state index is 0.709. The molecule has 0 bridgehead atoms. The normalized spacial score (nSPS) is 9.54. The van der Waals surface area contributed by atoms with Gasteiger partial charge in [-0.25, -0.2) is 0 Å². The predicted octanol–water partition coefficient (Wildman–Crippen LogP) is 3.00. The third-order valence-electron chi connectivity index (χ3n) is 1.62. The second-order valence-electron chi connectivity index (χ2n) is 2.75. The van der Waals surface area contributed by atoms with Gasteiger partial charge in [-0.05, 0) is 25.0 Å². The number of rotatable bonds is 6. The summed E-state index contributed by atoms with van der Waals surface area (Å²) in [6.45, 7) is 4.35. The molecule has 1 aromatic carbocycles. The topological polar surface area (TPSA) is 21.3 Å². The average molecular weight is 177 g/mol. The van der Waals surface area contributed by atoms with Crippen LogP contribution in [0.25, 0.3) is 0 Å². The quantitative estimate of drug-likeness (QED) is 0.409. The van der Waals surface area contributed by atoms with Crippen LogP contribution < -0.4 is 5.48 Å². The highest BCUT2D eigenvalue weighted by molar-refractivity contribution is 5.39. The lowest BCUT2D eigenvalue weighted by Gasteiger charge is -2.05. The third-order valence-corrected chi connectivity index (χ3v) is 1.62. The van der Waals surface area contributed by atoms with Gasteiger partial charge in [0.15, 0.2) is 0 Å². The van der Waals surface area contributed by atoms with E-state index in [0.29, 0.717) is 6.61 Å². The van der Waals surface area contributed by atoms with Gasteiger partial charge in [0, 0.05) is 0 Å². The zero-order valence-electron chi connectivity index (χ0n) is 7.70. The molecule has 0 saturated heterocycles. The standard InChI is InChI=1S/C11H15NO/c1-2-3-7-10-13-12-11-8-5-4-6-9-11/h2,4-6,8-9,12H,1,3,7,10H2. The van der Waals surface area contributed by atoms with Gasteiger partial charge >= 0.3 is 0 Å². The Morgan fingerprint density at radius 3 is 2.77 bits per heavy atom. The van der Waals surface area contributed by atoms with Gasteiger partial charge in [-0.3, -0.25) is 10.3 Å². The van der Waals surface area contributed by atoms with E-state index in [4.69, 9.17) is 4.84 Å². The molecule has 0 unspecified atom stereocenters. The maximum absolute atomic E-state index is 5.22. The molecular formula is C11H15NO. The van der Waals surface area contributed by atoms with Gasteiger partial charge in [0.1, 0.15) is 0 Å². The molecule has 0 saturated carbocycles. The SMILES string of the molecule is C=CCCCONc1ccccc1. The molecule has 1 N–H and O–H groups in total. The monoisotopic (exact) mass is 177 g/mol. The number of benzene rings is 1. The fraction of sp³-hybridized carbons (Fsp3) is 0.273. The Labute approximate surface area is 79.2 Å². The first-order chi connectivity index (χ1) is 6.43. The molecule has 0 aliphatic heterocycles. The highest BCUT2D eigenvalue weighted by Crippen LogP contribution is 2.04. The van der Waals surface area contributed by atoms with Crippen molar-refractivity contribution in [2.24, 2.45) is 0 Å². The second kappa shape index (κ2) is 6.26. The summed E-state index contributed by atoms with van der Waals surface area (Å²) in [7, 11) is 0. The van der Waals surface area contributed by atoms with Crippen LogP contribution in [0.5, 0.6) is 0 Å². The summed E-state index contributed by atoms with van der Waals surface area (Å²) in [5.74, 6) is 0. The van der Waals surface area contributed by atoms with Gasteiger partial charge in [-0.1, -0.05) is 24.3 Å². The van der Waals surface area contributed by atoms with Gasteiger partial charge in [0.25, 0.3) is 0 Å². The van der Waals surface area contributed by atoms with Crippen molar-refractivity contribution in [3.8, 4) is 0 Å². The molecule has 0 aliphatic rings. The van der Waals surface area contributed by atoms with E-state index in [1.165, 1.54) is 0 Å². The molecule has 0 heterocycles. The highest BCUT2D eigenvalue weighted by atomic mass is 16.6. The number of unbranched alkanes of at least 4 members (excludes halogenated alkanes) is 1. The van der Waals surface area contributed by atoms with E-state index in [0.717, 1.165) is 18.5 Å². The zero-order chi connectivity index (χ0) is 9.36. The lowest BCUT2D eigenvalue weighted by Crippen LogP contribution is -2.02. The number of nitrogens with one attached hydrogen (secondary N) is 1. The fourth-order valence-electron chi connectivity index (χ4n) is 0.940. The molecule has 2 nitrogen and oxygen atoms in total. The summed E-state index contributed by atoms with van der Waals surface area (Å²) in [5, 5.41) is 0. The van der Waals surface area contributed by atoms with Crippen molar-refractivity contribution in [3.05, 3.63) is 43.0 Å². The Balaban J connectivity index is 2.10. The molecule has 0 amide bonds. The van der Waals surface area contributed by atoms with Crippen molar-refractivity contribution < 1.29 is 4.84 Å². The lowest BCUT2D eigenvalue weighted by atomic mass is 10.3. The molecule has 1 aromatic rings. The molecule has 1 rings (SSSR count). The summed E-state index contributed by atoms with van der Waals surface area (Å²) in [5.41, 5.74) is 3.86. The Morgan fingerprint density at radius 1 is 1.31 bits per heavy atom. The lowest BCUT2D eigenvalue weighted by molar-refractivity contribution is 0.191. The van der Waals surface area contributed by atoms with E-state index >= 15 is 0 Å². The van der Waals surface area contributed by atoms with Gasteiger partial charge in [0.05, 0.1) is 12.3 Å². The molecule has 0 atom stereocenters. The third kappa shape index (κ3) is 4.33. The first kappa shape index (κ1) is 9.81. The van der Waals surface area contributed by atoms with Crippen LogP contribution in [-0.4, -0.2) is 6.61 Å². The van der Waals surface area contributed by atoms with Gasteiger partial charge < -0.3 is 0 Å². The summed E-state index contributed by atoms with van der Waals surface area (Å²) in [6.07, 6.45) is 3.89. The van der Waals surface area contributed by atoms with Gasteiger partial charge in [-0.15, -0.1) is 6.58 Å². The molecule has 2 heteroatoms. The van der Waals surface area contributed by atoms with Crippen molar-refractivity contribution in [2.45, 2.75) is 12.8 Å². The van der Waals surface area contributed by atoms with Crippen LogP contribution in [0.15, 0.2) is 43.0 Å². The minimum Gasteiger partial charge on any atom is -0.276 e. The van der Waals surface area contributed by atoms with Crippen LogP contribution >= 0.6 is 0 Å². The number of para-hydroxylation sites is 1. The van der Waals surface area contributed by atoms with E-state index in [9.17, 15) is 0 Å². The van der Waals surface area contributed by atoms with Crippen LogP contribution in [0, 0.1) is 0 Å². The second-order valence-corrected chi connectivity index (χ2v) is 2.75. The number of hydrogen-bond donors (Lipinski definition) is 1. The van der Waals surface area contributed by atoms with Crippen LogP contribution in [-0.2, 0) is 4.84 Å². The fourth-order valence-corrected chi connectivity index (χ4v) is 0.940. The first-order valence-electron chi connectivity index (χ1n) is 4.47. The van der Waals surface area contributed by atoms with E-state index in [1.54, 1.807) is 0 Å². The van der Waals surface area contributed by atoms with Crippen molar-refractivity contribution >= 4 is 5.69 Å². The molecule has 0 fully saturated rings. The maximum Gasteiger partial charge on any atom is 0.0749 e. The van der Waals surface area contributed by atoms with Crippen molar-refractivity contribution in [1.29, 1.82) is 0 Å². The smallest absolute Gasteiger partial charge is 0.0749 e. The van der Waals surface area contributed by atoms with E-state index < -0.39 is 0 Å². The van der Waals surface area contributed by atoms with Crippen molar-refractivity contribution in [3.63, 3.8) is 0 Å².